The number of fused-ring (bicyclic) bond motifs is 1. The third-order valence-electron chi connectivity index (χ3n) is 4.44. The van der Waals surface area contributed by atoms with Crippen LogP contribution in [0.5, 0.6) is 11.5 Å². The highest BCUT2D eigenvalue weighted by Gasteiger charge is 2.30. The number of hydrogen-bond donors (Lipinski definition) is 1. The first-order valence-electron chi connectivity index (χ1n) is 8.57. The van der Waals surface area contributed by atoms with Crippen LogP contribution in [0.25, 0.3) is 0 Å². The molecule has 2 aliphatic rings. The quantitative estimate of drug-likeness (QED) is 0.817. The number of benzene rings is 2. The van der Waals surface area contributed by atoms with Crippen molar-refractivity contribution in [1.82, 2.24) is 9.62 Å². The Morgan fingerprint density at radius 2 is 1.90 bits per heavy atom. The molecule has 0 unspecified atom stereocenters. The van der Waals surface area contributed by atoms with E-state index in [9.17, 15) is 17.6 Å². The van der Waals surface area contributed by atoms with Gasteiger partial charge in [0.1, 0.15) is 11.5 Å². The molecule has 2 aromatic carbocycles. The van der Waals surface area contributed by atoms with Gasteiger partial charge >= 0.3 is 10.2 Å². The van der Waals surface area contributed by atoms with Crippen LogP contribution in [0.1, 0.15) is 11.1 Å². The summed E-state index contributed by atoms with van der Waals surface area (Å²) in [6.45, 7) is 0.301. The average molecular weight is 417 g/mol. The van der Waals surface area contributed by atoms with E-state index in [1.54, 1.807) is 18.2 Å². The summed E-state index contributed by atoms with van der Waals surface area (Å²) in [5, 5.41) is 2.68. The molecule has 0 aromatic heterocycles. The summed E-state index contributed by atoms with van der Waals surface area (Å²) in [4.78, 5) is 12.7. The lowest BCUT2D eigenvalue weighted by molar-refractivity contribution is -0.118. The molecule has 0 saturated heterocycles. The molecular weight excluding hydrogens is 401 g/mol. The number of hydrogen-bond acceptors (Lipinski definition) is 5. The molecule has 150 valence electrons. The number of carbonyl (C=O) groups is 1. The van der Waals surface area contributed by atoms with Gasteiger partial charge in [0.05, 0.1) is 5.71 Å². The summed E-state index contributed by atoms with van der Waals surface area (Å²) < 4.78 is 52.9. The third-order valence-corrected chi connectivity index (χ3v) is 5.75. The fourth-order valence-electron chi connectivity index (χ4n) is 2.85. The van der Waals surface area contributed by atoms with Crippen LogP contribution >= 0.6 is 0 Å². The number of likely N-dealkylation sites (N-methyl/N-ethyl adjacent to an activating group) is 1. The Bertz CT molecular complexity index is 1140. The molecule has 1 N–H and O–H groups in total. The van der Waals surface area contributed by atoms with Gasteiger partial charge in [0.2, 0.25) is 6.79 Å². The molecule has 0 radical (unpaired) electrons. The zero-order valence-electron chi connectivity index (χ0n) is 15.3. The summed E-state index contributed by atoms with van der Waals surface area (Å²) in [6.07, 6.45) is 1.35. The summed E-state index contributed by atoms with van der Waals surface area (Å²) in [5.41, 5.74) is 1.09. The second-order valence-electron chi connectivity index (χ2n) is 6.33. The van der Waals surface area contributed by atoms with Crippen LogP contribution in [0, 0.1) is 5.82 Å². The van der Waals surface area contributed by atoms with Gasteiger partial charge in [-0.1, -0.05) is 6.07 Å². The fourth-order valence-corrected chi connectivity index (χ4v) is 3.76. The Hall–Kier alpha value is -3.40. The predicted molar refractivity (Wildman–Crippen MR) is 102 cm³/mol. The van der Waals surface area contributed by atoms with Gasteiger partial charge in [0.25, 0.3) is 5.91 Å². The Kier molecular flexibility index (Phi) is 4.71. The van der Waals surface area contributed by atoms with Crippen LogP contribution in [0.2, 0.25) is 0 Å². The normalized spacial score (nSPS) is 16.8. The topological polar surface area (TPSA) is 97.3 Å². The Labute approximate surface area is 166 Å². The third kappa shape index (κ3) is 3.79. The average Bonchev–Trinajstić information content (AvgIpc) is 3.16. The van der Waals surface area contributed by atoms with Gasteiger partial charge in [-0.2, -0.15) is 8.42 Å². The zero-order chi connectivity index (χ0) is 20.6. The maximum Gasteiger partial charge on any atom is 0.345 e. The standard InChI is InChI=1S/C19H16FN3O5S/c1-23-16(9-15(22-29(23,25)26)13-3-5-14(20)6-4-13)19(24)21-10-12-2-7-17-18(8-12)28-11-27-17/h2-9H,10-11H2,1H3,(H,21,24). The van der Waals surface area contributed by atoms with Crippen LogP contribution in [-0.2, 0) is 21.5 Å². The lowest BCUT2D eigenvalue weighted by Crippen LogP contribution is -2.38. The van der Waals surface area contributed by atoms with Crippen molar-refractivity contribution in [2.75, 3.05) is 13.8 Å². The van der Waals surface area contributed by atoms with E-state index in [0.717, 1.165) is 9.87 Å². The van der Waals surface area contributed by atoms with Crippen molar-refractivity contribution in [2.45, 2.75) is 6.54 Å². The van der Waals surface area contributed by atoms with Crippen molar-refractivity contribution in [3.63, 3.8) is 0 Å². The minimum atomic E-state index is -4.09. The van der Waals surface area contributed by atoms with Gasteiger partial charge in [0.15, 0.2) is 11.5 Å². The van der Waals surface area contributed by atoms with Gasteiger partial charge in [-0.3, -0.25) is 4.79 Å². The summed E-state index contributed by atoms with van der Waals surface area (Å²) in [7, 11) is -2.85. The number of rotatable bonds is 4. The minimum absolute atomic E-state index is 0.0522. The van der Waals surface area contributed by atoms with Gasteiger partial charge in [-0.15, -0.1) is 4.40 Å². The number of carbonyl (C=O) groups excluding carboxylic acids is 1. The maximum absolute atomic E-state index is 13.2. The van der Waals surface area contributed by atoms with Crippen LogP contribution in [0.4, 0.5) is 4.39 Å². The highest BCUT2D eigenvalue weighted by Crippen LogP contribution is 2.32. The highest BCUT2D eigenvalue weighted by atomic mass is 32.2. The highest BCUT2D eigenvalue weighted by molar-refractivity contribution is 7.88. The molecule has 1 amide bonds. The summed E-state index contributed by atoms with van der Waals surface area (Å²) in [5.74, 6) is 0.152. The molecule has 2 aromatic rings. The van der Waals surface area contributed by atoms with E-state index in [1.165, 1.54) is 37.4 Å². The first-order chi connectivity index (χ1) is 13.8. The van der Waals surface area contributed by atoms with E-state index >= 15 is 0 Å². The number of allylic oxidation sites excluding steroid dienone is 1. The first kappa shape index (κ1) is 18.9. The molecule has 0 saturated carbocycles. The van der Waals surface area contributed by atoms with Crippen molar-refractivity contribution in [3.8, 4) is 11.5 Å². The molecule has 0 fully saturated rings. The van der Waals surface area contributed by atoms with Gasteiger partial charge < -0.3 is 14.8 Å². The van der Waals surface area contributed by atoms with E-state index in [-0.39, 0.29) is 24.7 Å². The first-order valence-corrected chi connectivity index (χ1v) is 9.96. The Morgan fingerprint density at radius 3 is 2.66 bits per heavy atom. The molecule has 0 atom stereocenters. The lowest BCUT2D eigenvalue weighted by atomic mass is 10.1. The van der Waals surface area contributed by atoms with E-state index in [1.807, 2.05) is 0 Å². The lowest BCUT2D eigenvalue weighted by Gasteiger charge is -2.23. The maximum atomic E-state index is 13.2. The fraction of sp³-hybridized carbons (Fsp3) is 0.158. The molecule has 2 heterocycles. The second-order valence-corrected chi connectivity index (χ2v) is 7.95. The molecular formula is C19H16FN3O5S. The van der Waals surface area contributed by atoms with Crippen LogP contribution < -0.4 is 14.8 Å². The van der Waals surface area contributed by atoms with Gasteiger partial charge in [-0.25, -0.2) is 8.70 Å². The molecule has 0 spiro atoms. The van der Waals surface area contributed by atoms with Crippen LogP contribution in [-0.4, -0.2) is 38.2 Å². The zero-order valence-corrected chi connectivity index (χ0v) is 16.1. The number of ether oxygens (including phenoxy) is 2. The number of halogens is 1. The monoisotopic (exact) mass is 417 g/mol. The number of nitrogens with one attached hydrogen (secondary N) is 1. The molecule has 8 nitrogen and oxygen atoms in total. The SMILES string of the molecule is CN1C(C(=O)NCc2ccc3c(c2)OCO3)=CC(c2ccc(F)cc2)=NS1(=O)=O. The molecule has 2 aliphatic heterocycles. The Balaban J connectivity index is 1.56. The molecule has 0 bridgehead atoms. The van der Waals surface area contributed by atoms with Crippen LogP contribution in [0.15, 0.2) is 58.6 Å². The van der Waals surface area contributed by atoms with Crippen molar-refractivity contribution in [2.24, 2.45) is 4.40 Å². The minimum Gasteiger partial charge on any atom is -0.454 e. The van der Waals surface area contributed by atoms with Gasteiger partial charge in [-0.05, 0) is 48.0 Å². The summed E-state index contributed by atoms with van der Waals surface area (Å²) in [6, 6.07) is 10.4. The van der Waals surface area contributed by atoms with Crippen molar-refractivity contribution in [3.05, 3.63) is 71.2 Å². The van der Waals surface area contributed by atoms with E-state index in [0.29, 0.717) is 17.1 Å². The molecule has 0 aliphatic carbocycles. The van der Waals surface area contributed by atoms with E-state index in [2.05, 4.69) is 9.71 Å². The smallest absolute Gasteiger partial charge is 0.345 e. The van der Waals surface area contributed by atoms with Crippen molar-refractivity contribution in [1.29, 1.82) is 0 Å². The summed E-state index contributed by atoms with van der Waals surface area (Å²) >= 11 is 0. The van der Waals surface area contributed by atoms with Gasteiger partial charge in [0, 0.05) is 19.2 Å². The van der Waals surface area contributed by atoms with Crippen LogP contribution in [0.3, 0.4) is 0 Å². The number of amides is 1. The molecule has 10 heteroatoms. The largest absolute Gasteiger partial charge is 0.454 e. The van der Waals surface area contributed by atoms with E-state index in [4.69, 9.17) is 9.47 Å². The predicted octanol–water partition coefficient (Wildman–Crippen LogP) is 1.73. The van der Waals surface area contributed by atoms with E-state index < -0.39 is 21.9 Å². The number of nitrogens with zero attached hydrogens (tertiary/aromatic N) is 2. The van der Waals surface area contributed by atoms with Crippen molar-refractivity contribution < 1.29 is 27.1 Å². The van der Waals surface area contributed by atoms with Crippen molar-refractivity contribution >= 4 is 21.8 Å². The molecule has 4 rings (SSSR count). The second kappa shape index (κ2) is 7.21. The Morgan fingerprint density at radius 1 is 1.17 bits per heavy atom. The molecule has 29 heavy (non-hydrogen) atoms.